The van der Waals surface area contributed by atoms with Gasteiger partial charge in [0, 0.05) is 16.5 Å². The van der Waals surface area contributed by atoms with Crippen LogP contribution >= 0.6 is 11.3 Å². The summed E-state index contributed by atoms with van der Waals surface area (Å²) in [5.74, 6) is 0.706. The van der Waals surface area contributed by atoms with E-state index in [0.29, 0.717) is 5.92 Å². The van der Waals surface area contributed by atoms with Crippen molar-refractivity contribution in [3.05, 3.63) is 102 Å². The summed E-state index contributed by atoms with van der Waals surface area (Å²) in [5, 5.41) is 1.12. The molecule has 0 aliphatic heterocycles. The molecule has 0 spiro atoms. The Labute approximate surface area is 235 Å². The molecule has 1 unspecified atom stereocenters. The molecule has 2 aliphatic rings. The van der Waals surface area contributed by atoms with Gasteiger partial charge in [-0.05, 0) is 101 Å². The summed E-state index contributed by atoms with van der Waals surface area (Å²) >= 11 is 1.80. The zero-order valence-electron chi connectivity index (χ0n) is 23.1. The Kier molecular flexibility index (Phi) is 5.80. The van der Waals surface area contributed by atoms with Crippen LogP contribution in [0.3, 0.4) is 0 Å². The summed E-state index contributed by atoms with van der Waals surface area (Å²) < 4.78 is 1.25. The molecule has 0 amide bonds. The lowest BCUT2D eigenvalue weighted by molar-refractivity contribution is 0.413. The summed E-state index contributed by atoms with van der Waals surface area (Å²) in [6, 6.07) is 31.8. The molecule has 4 aromatic carbocycles. The second-order valence-corrected chi connectivity index (χ2v) is 12.6. The largest absolute Gasteiger partial charge is 0.321 e. The highest BCUT2D eigenvalue weighted by atomic mass is 32.1. The number of benzene rings is 4. The molecule has 1 aromatic heterocycles. The van der Waals surface area contributed by atoms with Crippen LogP contribution in [0.5, 0.6) is 0 Å². The molecular weight excluding hydrogens is 492 g/mol. The molecule has 3 heteroatoms. The minimum atomic E-state index is -0.248. The van der Waals surface area contributed by atoms with Crippen molar-refractivity contribution in [3.8, 4) is 32.8 Å². The van der Waals surface area contributed by atoms with Gasteiger partial charge in [-0.25, -0.2) is 4.98 Å². The average molecular weight is 529 g/mol. The molecule has 39 heavy (non-hydrogen) atoms. The fourth-order valence-corrected chi connectivity index (χ4v) is 8.05. The third kappa shape index (κ3) is 3.74. The first kappa shape index (κ1) is 24.7. The summed E-state index contributed by atoms with van der Waals surface area (Å²) in [7, 11) is 0. The van der Waals surface area contributed by atoms with E-state index in [0.717, 1.165) is 29.8 Å². The zero-order chi connectivity index (χ0) is 26.8. The van der Waals surface area contributed by atoms with E-state index in [4.69, 9.17) is 10.7 Å². The smallest absolute Gasteiger partial charge is 0.124 e. The number of aromatic nitrogens is 1. The molecule has 1 heterocycles. The van der Waals surface area contributed by atoms with Crippen molar-refractivity contribution in [2.75, 3.05) is 0 Å². The Bertz CT molecular complexity index is 1650. The second-order valence-electron chi connectivity index (χ2n) is 11.5. The second kappa shape index (κ2) is 9.15. The van der Waals surface area contributed by atoms with Gasteiger partial charge in [0.1, 0.15) is 5.01 Å². The van der Waals surface area contributed by atoms with Crippen molar-refractivity contribution < 1.29 is 0 Å². The maximum atomic E-state index is 6.70. The van der Waals surface area contributed by atoms with Crippen molar-refractivity contribution >= 4 is 21.6 Å². The molecule has 2 nitrogen and oxygen atoms in total. The highest BCUT2D eigenvalue weighted by molar-refractivity contribution is 7.21. The standard InChI is InChI=1S/C36H36N2S/c1-4-35(37,5-2)26-15-11-23(12-16-26)24-13-19-28-29-20-14-25(34-38-32-9-7-8-10-33(32)39-34)22-31(29)36(6-3,27-17-18-27)30(28)21-24/h7-16,19-22,27H,4-6,17-18,37H2,1-3H3. The SMILES string of the molecule is CCC(N)(CC)c1ccc(-c2ccc3c(c2)C(CC)(C2CC2)c2cc(-c4nc5ccccc5s4)ccc2-3)cc1. The van der Waals surface area contributed by atoms with Gasteiger partial charge in [0.2, 0.25) is 0 Å². The summed E-state index contributed by atoms with van der Waals surface area (Å²) in [6.45, 7) is 6.75. The fourth-order valence-electron chi connectivity index (χ4n) is 7.09. The van der Waals surface area contributed by atoms with Crippen LogP contribution in [-0.4, -0.2) is 4.98 Å². The van der Waals surface area contributed by atoms with Crippen molar-refractivity contribution in [2.24, 2.45) is 11.7 Å². The first-order valence-electron chi connectivity index (χ1n) is 14.6. The van der Waals surface area contributed by atoms with Gasteiger partial charge in [0.25, 0.3) is 0 Å². The lowest BCUT2D eigenvalue weighted by Gasteiger charge is -2.32. The van der Waals surface area contributed by atoms with Gasteiger partial charge in [0.05, 0.1) is 10.2 Å². The first-order chi connectivity index (χ1) is 19.0. The van der Waals surface area contributed by atoms with Crippen LogP contribution in [0.15, 0.2) is 84.9 Å². The van der Waals surface area contributed by atoms with E-state index >= 15 is 0 Å². The maximum Gasteiger partial charge on any atom is 0.124 e. The Morgan fingerprint density at radius 3 is 2.03 bits per heavy atom. The van der Waals surface area contributed by atoms with Gasteiger partial charge in [-0.3, -0.25) is 0 Å². The summed E-state index contributed by atoms with van der Waals surface area (Å²) in [4.78, 5) is 4.99. The normalized spacial score (nSPS) is 18.4. The molecule has 2 N–H and O–H groups in total. The average Bonchev–Trinajstić information content (AvgIpc) is 3.68. The van der Waals surface area contributed by atoms with Crippen molar-refractivity contribution in [2.45, 2.75) is 63.8 Å². The number of nitrogens with two attached hydrogens (primary N) is 1. The van der Waals surface area contributed by atoms with E-state index in [1.807, 2.05) is 0 Å². The van der Waals surface area contributed by atoms with Crippen LogP contribution in [0, 0.1) is 5.92 Å². The summed E-state index contributed by atoms with van der Waals surface area (Å²) in [5.41, 5.74) is 18.5. The Morgan fingerprint density at radius 1 is 0.795 bits per heavy atom. The molecular formula is C36H36N2S. The molecule has 0 radical (unpaired) electrons. The number of thiazole rings is 1. The molecule has 1 fully saturated rings. The van der Waals surface area contributed by atoms with Crippen LogP contribution in [0.1, 0.15) is 69.6 Å². The summed E-state index contributed by atoms with van der Waals surface area (Å²) in [6.07, 6.45) is 5.62. The van der Waals surface area contributed by atoms with Crippen molar-refractivity contribution in [1.82, 2.24) is 4.98 Å². The maximum absolute atomic E-state index is 6.70. The Balaban J connectivity index is 1.33. The predicted molar refractivity (Wildman–Crippen MR) is 166 cm³/mol. The molecule has 5 aromatic rings. The van der Waals surface area contributed by atoms with Crippen LogP contribution in [0.2, 0.25) is 0 Å². The van der Waals surface area contributed by atoms with E-state index in [9.17, 15) is 0 Å². The van der Waals surface area contributed by atoms with E-state index in [-0.39, 0.29) is 11.0 Å². The van der Waals surface area contributed by atoms with E-state index in [2.05, 4.69) is 106 Å². The van der Waals surface area contributed by atoms with Crippen LogP contribution < -0.4 is 5.73 Å². The number of hydrogen-bond donors (Lipinski definition) is 1. The zero-order valence-corrected chi connectivity index (χ0v) is 23.9. The number of nitrogens with zero attached hydrogens (tertiary/aromatic N) is 1. The van der Waals surface area contributed by atoms with Gasteiger partial charge in [-0.15, -0.1) is 11.3 Å². The van der Waals surface area contributed by atoms with Crippen LogP contribution in [-0.2, 0) is 11.0 Å². The van der Waals surface area contributed by atoms with Gasteiger partial charge in [-0.2, -0.15) is 0 Å². The monoisotopic (exact) mass is 528 g/mol. The molecule has 0 saturated heterocycles. The number of para-hydroxylation sites is 1. The molecule has 0 bridgehead atoms. The molecule has 1 atom stereocenters. The highest BCUT2D eigenvalue weighted by Crippen LogP contribution is 2.62. The van der Waals surface area contributed by atoms with Crippen molar-refractivity contribution in [1.29, 1.82) is 0 Å². The van der Waals surface area contributed by atoms with Crippen LogP contribution in [0.4, 0.5) is 0 Å². The molecule has 1 saturated carbocycles. The highest BCUT2D eigenvalue weighted by Gasteiger charge is 2.51. The van der Waals surface area contributed by atoms with Crippen LogP contribution in [0.25, 0.3) is 43.0 Å². The Morgan fingerprint density at radius 2 is 1.41 bits per heavy atom. The number of fused-ring (bicyclic) bond motifs is 4. The number of rotatable bonds is 7. The van der Waals surface area contributed by atoms with Gasteiger partial charge in [0.15, 0.2) is 0 Å². The van der Waals surface area contributed by atoms with E-state index in [1.54, 1.807) is 11.3 Å². The molecule has 196 valence electrons. The molecule has 7 rings (SSSR count). The minimum absolute atomic E-state index is 0.0736. The lowest BCUT2D eigenvalue weighted by atomic mass is 9.71. The first-order valence-corrected chi connectivity index (χ1v) is 15.4. The fraction of sp³-hybridized carbons (Fsp3) is 0.306. The quantitative estimate of drug-likeness (QED) is 0.228. The van der Waals surface area contributed by atoms with E-state index < -0.39 is 0 Å². The number of hydrogen-bond acceptors (Lipinski definition) is 3. The van der Waals surface area contributed by atoms with Gasteiger partial charge >= 0.3 is 0 Å². The van der Waals surface area contributed by atoms with Gasteiger partial charge < -0.3 is 5.73 Å². The Hall–Kier alpha value is -3.27. The third-order valence-corrected chi connectivity index (χ3v) is 10.8. The van der Waals surface area contributed by atoms with E-state index in [1.165, 1.54) is 62.0 Å². The topological polar surface area (TPSA) is 38.9 Å². The van der Waals surface area contributed by atoms with Crippen molar-refractivity contribution in [3.63, 3.8) is 0 Å². The third-order valence-electron chi connectivity index (χ3n) is 9.72. The van der Waals surface area contributed by atoms with Gasteiger partial charge in [-0.1, -0.05) is 81.4 Å². The molecule has 2 aliphatic carbocycles. The predicted octanol–water partition coefficient (Wildman–Crippen LogP) is 9.69. The lowest BCUT2D eigenvalue weighted by Crippen LogP contribution is -2.34. The minimum Gasteiger partial charge on any atom is -0.321 e.